The van der Waals surface area contributed by atoms with E-state index in [-0.39, 0.29) is 5.91 Å². The first-order valence-corrected chi connectivity index (χ1v) is 10.8. The van der Waals surface area contributed by atoms with E-state index in [0.29, 0.717) is 6.42 Å². The monoisotopic (exact) mass is 413 g/mol. The predicted octanol–water partition coefficient (Wildman–Crippen LogP) is 4.77. The summed E-state index contributed by atoms with van der Waals surface area (Å²) in [5, 5.41) is 1.77. The number of halogens is 1. The smallest absolute Gasteiger partial charge is 0.227 e. The lowest BCUT2D eigenvalue weighted by Gasteiger charge is -2.34. The highest BCUT2D eigenvalue weighted by atomic mass is 35.5. The van der Waals surface area contributed by atoms with Gasteiger partial charge in [-0.05, 0) is 49.6 Å². The molecular formula is C22H24ClN3OS. The first-order valence-electron chi connectivity index (χ1n) is 9.57. The van der Waals surface area contributed by atoms with Crippen LogP contribution in [0.1, 0.15) is 22.3 Å². The molecule has 0 radical (unpaired) electrons. The van der Waals surface area contributed by atoms with Gasteiger partial charge in [-0.1, -0.05) is 46.7 Å². The third kappa shape index (κ3) is 3.74. The zero-order valence-corrected chi connectivity index (χ0v) is 18.0. The van der Waals surface area contributed by atoms with E-state index in [1.807, 2.05) is 24.0 Å². The summed E-state index contributed by atoms with van der Waals surface area (Å²) in [6.07, 6.45) is 0.477. The zero-order chi connectivity index (χ0) is 19.8. The second-order valence-electron chi connectivity index (χ2n) is 7.49. The molecule has 0 bridgehead atoms. The van der Waals surface area contributed by atoms with Crippen LogP contribution in [0.2, 0.25) is 5.02 Å². The quantitative estimate of drug-likeness (QED) is 0.620. The summed E-state index contributed by atoms with van der Waals surface area (Å²) in [7, 11) is 0. The van der Waals surface area contributed by atoms with Crippen LogP contribution in [0.15, 0.2) is 30.3 Å². The Labute approximate surface area is 174 Å². The number of anilines is 1. The number of hydrogen-bond acceptors (Lipinski definition) is 4. The molecule has 1 saturated heterocycles. The van der Waals surface area contributed by atoms with Gasteiger partial charge in [0.25, 0.3) is 0 Å². The lowest BCUT2D eigenvalue weighted by molar-refractivity contribution is -0.130. The van der Waals surface area contributed by atoms with Crippen LogP contribution in [-0.4, -0.2) is 42.0 Å². The largest absolute Gasteiger partial charge is 0.345 e. The van der Waals surface area contributed by atoms with Crippen molar-refractivity contribution in [3.63, 3.8) is 0 Å². The van der Waals surface area contributed by atoms with Crippen LogP contribution in [-0.2, 0) is 11.2 Å². The number of nitrogens with zero attached hydrogens (tertiary/aromatic N) is 3. The van der Waals surface area contributed by atoms with Gasteiger partial charge >= 0.3 is 0 Å². The minimum absolute atomic E-state index is 0.207. The number of amides is 1. The van der Waals surface area contributed by atoms with Gasteiger partial charge in [-0.15, -0.1) is 0 Å². The van der Waals surface area contributed by atoms with Crippen LogP contribution in [0.4, 0.5) is 5.13 Å². The second kappa shape index (κ2) is 7.72. The molecule has 1 amide bonds. The summed E-state index contributed by atoms with van der Waals surface area (Å²) in [6.45, 7) is 9.26. The topological polar surface area (TPSA) is 36.4 Å². The highest BCUT2D eigenvalue weighted by molar-refractivity contribution is 7.22. The van der Waals surface area contributed by atoms with Crippen molar-refractivity contribution in [1.82, 2.24) is 9.88 Å². The molecule has 0 N–H and O–H groups in total. The van der Waals surface area contributed by atoms with Crippen LogP contribution >= 0.6 is 22.9 Å². The number of benzene rings is 2. The normalized spacial score (nSPS) is 14.7. The zero-order valence-electron chi connectivity index (χ0n) is 16.5. The Morgan fingerprint density at radius 1 is 1.11 bits per heavy atom. The number of carbonyl (C=O) groups excluding carboxylic acids is 1. The van der Waals surface area contributed by atoms with Gasteiger partial charge in [0.15, 0.2) is 5.13 Å². The van der Waals surface area contributed by atoms with Crippen LogP contribution < -0.4 is 4.90 Å². The number of aryl methyl sites for hydroxylation is 3. The van der Waals surface area contributed by atoms with E-state index < -0.39 is 0 Å². The van der Waals surface area contributed by atoms with Crippen molar-refractivity contribution in [3.8, 4) is 0 Å². The summed E-state index contributed by atoms with van der Waals surface area (Å²) in [5.74, 6) is 0.207. The van der Waals surface area contributed by atoms with E-state index in [1.54, 1.807) is 11.3 Å². The SMILES string of the molecule is Cc1ccc(CC(=O)N2CCN(c3nc4c(C)c(Cl)ccc4s3)CC2)c(C)c1. The molecule has 28 heavy (non-hydrogen) atoms. The van der Waals surface area contributed by atoms with E-state index in [0.717, 1.165) is 57.7 Å². The molecule has 4 nitrogen and oxygen atoms in total. The summed E-state index contributed by atoms with van der Waals surface area (Å²) in [5.41, 5.74) is 5.56. The van der Waals surface area contributed by atoms with Crippen molar-refractivity contribution in [2.45, 2.75) is 27.2 Å². The summed E-state index contributed by atoms with van der Waals surface area (Å²) in [4.78, 5) is 21.8. The van der Waals surface area contributed by atoms with Gasteiger partial charge < -0.3 is 9.80 Å². The highest BCUT2D eigenvalue weighted by Gasteiger charge is 2.24. The fraction of sp³-hybridized carbons (Fsp3) is 0.364. The molecule has 1 aliphatic heterocycles. The number of hydrogen-bond donors (Lipinski definition) is 0. The van der Waals surface area contributed by atoms with Gasteiger partial charge in [0.2, 0.25) is 5.91 Å². The fourth-order valence-electron chi connectivity index (χ4n) is 3.69. The molecule has 0 spiro atoms. The number of aromatic nitrogens is 1. The molecule has 2 aromatic carbocycles. The lowest BCUT2D eigenvalue weighted by Crippen LogP contribution is -2.49. The Morgan fingerprint density at radius 3 is 2.57 bits per heavy atom. The number of carbonyl (C=O) groups is 1. The molecule has 1 aromatic heterocycles. The maximum absolute atomic E-state index is 12.8. The fourth-order valence-corrected chi connectivity index (χ4v) is 4.92. The third-order valence-electron chi connectivity index (χ3n) is 5.48. The maximum atomic E-state index is 12.8. The van der Waals surface area contributed by atoms with E-state index in [2.05, 4.69) is 36.9 Å². The molecule has 146 valence electrons. The number of piperazine rings is 1. The average Bonchev–Trinajstić information content (AvgIpc) is 3.12. The lowest BCUT2D eigenvalue weighted by atomic mass is 10.0. The molecular weight excluding hydrogens is 390 g/mol. The van der Waals surface area contributed by atoms with Gasteiger partial charge in [-0.25, -0.2) is 4.98 Å². The highest BCUT2D eigenvalue weighted by Crippen LogP contribution is 2.33. The Hall–Kier alpha value is -2.11. The molecule has 6 heteroatoms. The molecule has 0 saturated carbocycles. The maximum Gasteiger partial charge on any atom is 0.227 e. The molecule has 1 aliphatic rings. The number of rotatable bonds is 3. The Bertz CT molecular complexity index is 1040. The van der Waals surface area contributed by atoms with Gasteiger partial charge in [0, 0.05) is 31.2 Å². The van der Waals surface area contributed by atoms with Crippen molar-refractivity contribution in [3.05, 3.63) is 57.6 Å². The minimum Gasteiger partial charge on any atom is -0.345 e. The van der Waals surface area contributed by atoms with E-state index in [4.69, 9.17) is 16.6 Å². The molecule has 4 rings (SSSR count). The number of fused-ring (bicyclic) bond motifs is 1. The van der Waals surface area contributed by atoms with Crippen molar-refractivity contribution in [1.29, 1.82) is 0 Å². The van der Waals surface area contributed by atoms with Crippen LogP contribution in [0, 0.1) is 20.8 Å². The summed E-state index contributed by atoms with van der Waals surface area (Å²) < 4.78 is 1.16. The van der Waals surface area contributed by atoms with E-state index in [1.165, 1.54) is 11.1 Å². The van der Waals surface area contributed by atoms with Crippen LogP contribution in [0.25, 0.3) is 10.2 Å². The molecule has 1 fully saturated rings. The summed E-state index contributed by atoms with van der Waals surface area (Å²) in [6, 6.07) is 10.3. The second-order valence-corrected chi connectivity index (χ2v) is 8.91. The van der Waals surface area contributed by atoms with E-state index in [9.17, 15) is 4.79 Å². The third-order valence-corrected chi connectivity index (χ3v) is 6.97. The Balaban J connectivity index is 1.41. The van der Waals surface area contributed by atoms with Gasteiger partial charge in [-0.3, -0.25) is 4.79 Å². The van der Waals surface area contributed by atoms with Gasteiger partial charge in [-0.2, -0.15) is 0 Å². The number of thiazole rings is 1. The molecule has 0 atom stereocenters. The van der Waals surface area contributed by atoms with Crippen molar-refractivity contribution in [2.24, 2.45) is 0 Å². The molecule has 0 aliphatic carbocycles. The summed E-state index contributed by atoms with van der Waals surface area (Å²) >= 11 is 7.92. The molecule has 3 aromatic rings. The average molecular weight is 414 g/mol. The van der Waals surface area contributed by atoms with Crippen LogP contribution in [0.5, 0.6) is 0 Å². The van der Waals surface area contributed by atoms with E-state index >= 15 is 0 Å². The standard InChI is InChI=1S/C22H24ClN3OS/c1-14-4-5-17(15(2)12-14)13-20(27)25-8-10-26(11-9-25)22-24-21-16(3)18(23)6-7-19(21)28-22/h4-7,12H,8-11,13H2,1-3H3. The minimum atomic E-state index is 0.207. The van der Waals surface area contributed by atoms with Crippen LogP contribution in [0.3, 0.4) is 0 Å². The first-order chi connectivity index (χ1) is 13.4. The van der Waals surface area contributed by atoms with Crippen molar-refractivity contribution >= 4 is 44.2 Å². The van der Waals surface area contributed by atoms with Gasteiger partial charge in [0.05, 0.1) is 16.6 Å². The predicted molar refractivity (Wildman–Crippen MR) is 118 cm³/mol. The Kier molecular flexibility index (Phi) is 5.30. The Morgan fingerprint density at radius 2 is 1.86 bits per heavy atom. The molecule has 2 heterocycles. The van der Waals surface area contributed by atoms with Crippen molar-refractivity contribution < 1.29 is 4.79 Å². The van der Waals surface area contributed by atoms with Crippen molar-refractivity contribution in [2.75, 3.05) is 31.1 Å². The molecule has 0 unspecified atom stereocenters. The van der Waals surface area contributed by atoms with Gasteiger partial charge in [0.1, 0.15) is 0 Å². The first kappa shape index (κ1) is 19.2.